The van der Waals surface area contributed by atoms with Gasteiger partial charge in [-0.2, -0.15) is 4.98 Å². The molecule has 2 aliphatic rings. The molecule has 1 saturated carbocycles. The number of carbonyl (C=O) groups excluding carboxylic acids is 1. The van der Waals surface area contributed by atoms with E-state index in [4.69, 9.17) is 5.73 Å². The number of nitrogens with one attached hydrogen (secondary N) is 1. The maximum absolute atomic E-state index is 12.2. The molecule has 1 saturated heterocycles. The molecule has 0 aromatic carbocycles. The summed E-state index contributed by atoms with van der Waals surface area (Å²) in [5.41, 5.74) is 7.47. The van der Waals surface area contributed by atoms with E-state index in [0.717, 1.165) is 49.7 Å². The number of nitrogens with two attached hydrogens (primary N) is 1. The van der Waals surface area contributed by atoms with Crippen LogP contribution < -0.4 is 16.0 Å². The summed E-state index contributed by atoms with van der Waals surface area (Å²) in [4.78, 5) is 18.6. The quantitative estimate of drug-likeness (QED) is 0.881. The predicted molar refractivity (Wildman–Crippen MR) is 88.1 cm³/mol. The Bertz CT molecular complexity index is 714. The molecule has 2 aromatic heterocycles. The van der Waals surface area contributed by atoms with Gasteiger partial charge in [0.2, 0.25) is 11.9 Å². The molecule has 3 heterocycles. The summed E-state index contributed by atoms with van der Waals surface area (Å²) >= 11 is 0. The highest BCUT2D eigenvalue weighted by Gasteiger charge is 2.27. The van der Waals surface area contributed by atoms with E-state index in [1.165, 1.54) is 12.8 Å². The van der Waals surface area contributed by atoms with Crippen LogP contribution in [-0.4, -0.2) is 40.1 Å². The van der Waals surface area contributed by atoms with E-state index in [-0.39, 0.29) is 17.8 Å². The number of piperidine rings is 1. The maximum Gasteiger partial charge on any atom is 0.240 e. The third-order valence-electron chi connectivity index (χ3n) is 4.82. The molecular formula is C16H22N6O. The zero-order valence-electron chi connectivity index (χ0n) is 13.1. The Hall–Kier alpha value is -2.31. The van der Waals surface area contributed by atoms with Gasteiger partial charge in [0.05, 0.1) is 11.9 Å². The second-order valence-electron chi connectivity index (χ2n) is 6.61. The summed E-state index contributed by atoms with van der Waals surface area (Å²) < 4.78 is 1.71. The molecule has 0 spiro atoms. The number of amides is 1. The number of nitrogens with zero attached hydrogens (tertiary/aromatic N) is 4. The van der Waals surface area contributed by atoms with Crippen molar-refractivity contribution in [2.24, 2.45) is 11.8 Å². The summed E-state index contributed by atoms with van der Waals surface area (Å²) in [7, 11) is 0. The molecule has 0 atom stereocenters. The van der Waals surface area contributed by atoms with Crippen LogP contribution in [-0.2, 0) is 4.79 Å². The highest BCUT2D eigenvalue weighted by atomic mass is 16.1. The molecule has 122 valence electrons. The van der Waals surface area contributed by atoms with Gasteiger partial charge in [0.1, 0.15) is 0 Å². The summed E-state index contributed by atoms with van der Waals surface area (Å²) in [5, 5.41) is 7.25. The first-order valence-electron chi connectivity index (χ1n) is 8.33. The van der Waals surface area contributed by atoms with Gasteiger partial charge in [0.25, 0.3) is 0 Å². The Labute approximate surface area is 134 Å². The number of aromatic nitrogens is 3. The van der Waals surface area contributed by atoms with Crippen molar-refractivity contribution < 1.29 is 4.79 Å². The molecule has 0 radical (unpaired) electrons. The van der Waals surface area contributed by atoms with Crippen LogP contribution in [0.1, 0.15) is 25.7 Å². The van der Waals surface area contributed by atoms with Crippen molar-refractivity contribution in [3.05, 3.63) is 18.3 Å². The summed E-state index contributed by atoms with van der Waals surface area (Å²) in [6, 6.07) is 3.96. The van der Waals surface area contributed by atoms with Crippen LogP contribution in [0.25, 0.3) is 5.65 Å². The zero-order valence-corrected chi connectivity index (χ0v) is 13.1. The Morgan fingerprint density at radius 2 is 2.04 bits per heavy atom. The van der Waals surface area contributed by atoms with Gasteiger partial charge in [-0.15, -0.1) is 5.10 Å². The van der Waals surface area contributed by atoms with Crippen LogP contribution in [0.3, 0.4) is 0 Å². The van der Waals surface area contributed by atoms with Gasteiger partial charge in [-0.1, -0.05) is 0 Å². The normalized spacial score (nSPS) is 19.2. The summed E-state index contributed by atoms with van der Waals surface area (Å²) in [5.74, 6) is 1.40. The first-order valence-corrected chi connectivity index (χ1v) is 8.33. The smallest absolute Gasteiger partial charge is 0.240 e. The van der Waals surface area contributed by atoms with E-state index in [1.807, 2.05) is 18.3 Å². The highest BCUT2D eigenvalue weighted by Crippen LogP contribution is 2.28. The molecule has 1 aliphatic heterocycles. The highest BCUT2D eigenvalue weighted by molar-refractivity contribution is 5.79. The maximum atomic E-state index is 12.2. The van der Waals surface area contributed by atoms with Crippen molar-refractivity contribution in [1.29, 1.82) is 0 Å². The lowest BCUT2D eigenvalue weighted by Crippen LogP contribution is -2.41. The van der Waals surface area contributed by atoms with Crippen molar-refractivity contribution in [1.82, 2.24) is 19.9 Å². The fraction of sp³-hybridized carbons (Fsp3) is 0.562. The minimum Gasteiger partial charge on any atom is -0.370 e. The lowest BCUT2D eigenvalue weighted by Gasteiger charge is -2.32. The standard InChI is InChI=1S/C16H22N6O/c17-16-19-14-4-3-13(10-22(14)20-16)21-7-5-12(6-8-21)15(23)18-9-11-1-2-11/h3-4,10-12H,1-2,5-9H2,(H2,17,20)(H,18,23). The molecular weight excluding hydrogens is 292 g/mol. The number of anilines is 2. The number of rotatable bonds is 4. The fourth-order valence-corrected chi connectivity index (χ4v) is 3.19. The lowest BCUT2D eigenvalue weighted by atomic mass is 9.95. The molecule has 0 unspecified atom stereocenters. The third kappa shape index (κ3) is 3.09. The average molecular weight is 314 g/mol. The monoisotopic (exact) mass is 314 g/mol. The molecule has 3 N–H and O–H groups in total. The van der Waals surface area contributed by atoms with E-state index in [9.17, 15) is 4.79 Å². The molecule has 1 amide bonds. The summed E-state index contributed by atoms with van der Waals surface area (Å²) in [6.45, 7) is 2.64. The van der Waals surface area contributed by atoms with Crippen LogP contribution in [0.15, 0.2) is 18.3 Å². The van der Waals surface area contributed by atoms with Gasteiger partial charge < -0.3 is 16.0 Å². The van der Waals surface area contributed by atoms with Gasteiger partial charge in [0.15, 0.2) is 5.65 Å². The SMILES string of the molecule is Nc1nc2ccc(N3CCC(C(=O)NCC4CC4)CC3)cn2n1. The number of hydrogen-bond donors (Lipinski definition) is 2. The van der Waals surface area contributed by atoms with Gasteiger partial charge in [-0.05, 0) is 43.7 Å². The van der Waals surface area contributed by atoms with Crippen LogP contribution in [0.4, 0.5) is 11.6 Å². The summed E-state index contributed by atoms with van der Waals surface area (Å²) in [6.07, 6.45) is 6.29. The van der Waals surface area contributed by atoms with Gasteiger partial charge >= 0.3 is 0 Å². The first kappa shape index (κ1) is 14.3. The molecule has 23 heavy (non-hydrogen) atoms. The van der Waals surface area contributed by atoms with Crippen LogP contribution in [0, 0.1) is 11.8 Å². The second kappa shape index (κ2) is 5.72. The van der Waals surface area contributed by atoms with Crippen LogP contribution >= 0.6 is 0 Å². The molecule has 0 bridgehead atoms. The van der Waals surface area contributed by atoms with Crippen molar-refractivity contribution in [3.63, 3.8) is 0 Å². The van der Waals surface area contributed by atoms with Gasteiger partial charge in [0, 0.05) is 25.6 Å². The van der Waals surface area contributed by atoms with Crippen molar-refractivity contribution in [3.8, 4) is 0 Å². The number of nitrogen functional groups attached to an aromatic ring is 1. The number of carbonyl (C=O) groups is 1. The minimum absolute atomic E-state index is 0.149. The average Bonchev–Trinajstić information content (AvgIpc) is 3.32. The zero-order chi connectivity index (χ0) is 15.8. The van der Waals surface area contributed by atoms with Crippen molar-refractivity contribution in [2.45, 2.75) is 25.7 Å². The number of pyridine rings is 1. The Kier molecular flexibility index (Phi) is 3.55. The number of fused-ring (bicyclic) bond motifs is 1. The largest absolute Gasteiger partial charge is 0.370 e. The first-order chi connectivity index (χ1) is 11.2. The van der Waals surface area contributed by atoms with Crippen LogP contribution in [0.5, 0.6) is 0 Å². The Morgan fingerprint density at radius 1 is 1.26 bits per heavy atom. The molecule has 7 heteroatoms. The van der Waals surface area contributed by atoms with Gasteiger partial charge in [-0.3, -0.25) is 4.79 Å². The minimum atomic E-state index is 0.149. The Morgan fingerprint density at radius 3 is 2.78 bits per heavy atom. The van der Waals surface area contributed by atoms with E-state index in [0.29, 0.717) is 0 Å². The fourth-order valence-electron chi connectivity index (χ4n) is 3.19. The van der Waals surface area contributed by atoms with Crippen molar-refractivity contribution in [2.75, 3.05) is 30.3 Å². The van der Waals surface area contributed by atoms with E-state index >= 15 is 0 Å². The lowest BCUT2D eigenvalue weighted by molar-refractivity contribution is -0.125. The van der Waals surface area contributed by atoms with E-state index in [2.05, 4.69) is 20.3 Å². The molecule has 7 nitrogen and oxygen atoms in total. The van der Waals surface area contributed by atoms with E-state index < -0.39 is 0 Å². The molecule has 1 aliphatic carbocycles. The molecule has 2 fully saturated rings. The third-order valence-corrected chi connectivity index (χ3v) is 4.82. The second-order valence-corrected chi connectivity index (χ2v) is 6.61. The van der Waals surface area contributed by atoms with Crippen LogP contribution in [0.2, 0.25) is 0 Å². The van der Waals surface area contributed by atoms with Gasteiger partial charge in [-0.25, -0.2) is 4.52 Å². The molecule has 2 aromatic rings. The topological polar surface area (TPSA) is 88.5 Å². The number of hydrogen-bond acceptors (Lipinski definition) is 5. The van der Waals surface area contributed by atoms with Crippen molar-refractivity contribution >= 4 is 23.2 Å². The molecule has 4 rings (SSSR count). The van der Waals surface area contributed by atoms with E-state index in [1.54, 1.807) is 4.52 Å². The predicted octanol–water partition coefficient (Wildman–Crippen LogP) is 1.05. The Balaban J connectivity index is 1.36.